The van der Waals surface area contributed by atoms with Gasteiger partial charge in [0.15, 0.2) is 6.61 Å². The van der Waals surface area contributed by atoms with E-state index in [1.807, 2.05) is 49.4 Å². The van der Waals surface area contributed by atoms with E-state index in [9.17, 15) is 9.59 Å². The van der Waals surface area contributed by atoms with Gasteiger partial charge in [0.1, 0.15) is 11.5 Å². The number of aryl methyl sites for hydroxylation is 1. The molecule has 3 aromatic rings. The van der Waals surface area contributed by atoms with Crippen LogP contribution in [0.3, 0.4) is 0 Å². The summed E-state index contributed by atoms with van der Waals surface area (Å²) in [6, 6.07) is 22.0. The van der Waals surface area contributed by atoms with Crippen LogP contribution in [0.4, 0.5) is 5.69 Å². The van der Waals surface area contributed by atoms with Crippen LogP contribution in [-0.2, 0) is 11.3 Å². The zero-order valence-electron chi connectivity index (χ0n) is 17.0. The Balaban J connectivity index is 1.61. The first-order chi connectivity index (χ1) is 14.6. The third-order valence-corrected chi connectivity index (χ3v) is 4.42. The average Bonchev–Trinajstić information content (AvgIpc) is 2.77. The molecule has 0 bridgehead atoms. The topological polar surface area (TPSA) is 76.7 Å². The molecule has 6 nitrogen and oxygen atoms in total. The second kappa shape index (κ2) is 10.1. The molecule has 0 saturated carbocycles. The number of ether oxygens (including phenoxy) is 2. The lowest BCUT2D eigenvalue weighted by Gasteiger charge is -2.13. The first-order valence-corrected chi connectivity index (χ1v) is 9.55. The summed E-state index contributed by atoms with van der Waals surface area (Å²) in [6.45, 7) is 2.09. The van der Waals surface area contributed by atoms with E-state index in [1.165, 1.54) is 0 Å². The molecule has 3 aromatic carbocycles. The minimum Gasteiger partial charge on any atom is -0.495 e. The number of carbonyl (C=O) groups is 2. The van der Waals surface area contributed by atoms with Gasteiger partial charge in [0, 0.05) is 6.54 Å². The van der Waals surface area contributed by atoms with Crippen LogP contribution in [-0.4, -0.2) is 25.5 Å². The van der Waals surface area contributed by atoms with Crippen molar-refractivity contribution in [1.82, 2.24) is 5.32 Å². The van der Waals surface area contributed by atoms with Crippen molar-refractivity contribution in [2.75, 3.05) is 19.0 Å². The Bertz CT molecular complexity index is 1020. The van der Waals surface area contributed by atoms with Crippen molar-refractivity contribution in [2.24, 2.45) is 0 Å². The van der Waals surface area contributed by atoms with Crippen LogP contribution in [0.1, 0.15) is 21.5 Å². The van der Waals surface area contributed by atoms with Crippen molar-refractivity contribution in [1.29, 1.82) is 0 Å². The van der Waals surface area contributed by atoms with Crippen LogP contribution in [0.15, 0.2) is 72.8 Å². The molecule has 2 N–H and O–H groups in total. The van der Waals surface area contributed by atoms with Gasteiger partial charge in [-0.25, -0.2) is 0 Å². The van der Waals surface area contributed by atoms with Crippen LogP contribution in [0.5, 0.6) is 11.5 Å². The molecule has 0 aliphatic rings. The van der Waals surface area contributed by atoms with Crippen molar-refractivity contribution in [3.63, 3.8) is 0 Å². The van der Waals surface area contributed by atoms with Crippen molar-refractivity contribution in [3.8, 4) is 11.5 Å². The number of methoxy groups -OCH3 is 1. The Kier molecular flexibility index (Phi) is 7.05. The molecule has 0 radical (unpaired) electrons. The molecule has 0 unspecified atom stereocenters. The van der Waals surface area contributed by atoms with Gasteiger partial charge in [0.2, 0.25) is 0 Å². The van der Waals surface area contributed by atoms with Crippen LogP contribution in [0.2, 0.25) is 0 Å². The molecule has 30 heavy (non-hydrogen) atoms. The lowest BCUT2D eigenvalue weighted by atomic mass is 10.1. The number of benzene rings is 3. The molecule has 0 heterocycles. The second-order valence-corrected chi connectivity index (χ2v) is 6.71. The summed E-state index contributed by atoms with van der Waals surface area (Å²) in [4.78, 5) is 25.0. The minimum absolute atomic E-state index is 0.236. The monoisotopic (exact) mass is 404 g/mol. The van der Waals surface area contributed by atoms with Gasteiger partial charge < -0.3 is 20.1 Å². The number of para-hydroxylation sites is 1. The fourth-order valence-corrected chi connectivity index (χ4v) is 2.90. The molecule has 0 saturated heterocycles. The summed E-state index contributed by atoms with van der Waals surface area (Å²) < 4.78 is 10.9. The summed E-state index contributed by atoms with van der Waals surface area (Å²) in [6.07, 6.45) is 0. The number of amides is 2. The SMILES string of the molecule is COc1ccc(C)cc1NC(=O)COc1ccccc1C(=O)NCc1ccccc1. The number of nitrogens with one attached hydrogen (secondary N) is 2. The highest BCUT2D eigenvalue weighted by Gasteiger charge is 2.14. The van der Waals surface area contributed by atoms with Gasteiger partial charge >= 0.3 is 0 Å². The largest absolute Gasteiger partial charge is 0.495 e. The standard InChI is InChI=1S/C24H24N2O4/c1-17-12-13-22(29-2)20(14-17)26-23(27)16-30-21-11-7-6-10-19(21)24(28)25-15-18-8-4-3-5-9-18/h3-14H,15-16H2,1-2H3,(H,25,28)(H,26,27). The molecular formula is C24H24N2O4. The van der Waals surface area contributed by atoms with Crippen molar-refractivity contribution in [3.05, 3.63) is 89.5 Å². The van der Waals surface area contributed by atoms with E-state index in [-0.39, 0.29) is 18.4 Å². The quantitative estimate of drug-likeness (QED) is 0.596. The van der Waals surface area contributed by atoms with Crippen LogP contribution < -0.4 is 20.1 Å². The van der Waals surface area contributed by atoms with Gasteiger partial charge in [0.05, 0.1) is 18.4 Å². The van der Waals surface area contributed by atoms with Gasteiger partial charge in [-0.2, -0.15) is 0 Å². The average molecular weight is 404 g/mol. The highest BCUT2D eigenvalue weighted by molar-refractivity contribution is 5.97. The number of anilines is 1. The van der Waals surface area contributed by atoms with Crippen molar-refractivity contribution >= 4 is 17.5 Å². The molecule has 154 valence electrons. The molecule has 2 amide bonds. The van der Waals surface area contributed by atoms with Crippen LogP contribution in [0, 0.1) is 6.92 Å². The Morgan fingerprint density at radius 1 is 0.900 bits per heavy atom. The van der Waals surface area contributed by atoms with E-state index in [0.29, 0.717) is 29.3 Å². The lowest BCUT2D eigenvalue weighted by molar-refractivity contribution is -0.118. The number of hydrogen-bond acceptors (Lipinski definition) is 4. The predicted molar refractivity (Wildman–Crippen MR) is 116 cm³/mol. The maximum absolute atomic E-state index is 12.6. The van der Waals surface area contributed by atoms with Gasteiger partial charge in [-0.05, 0) is 42.3 Å². The smallest absolute Gasteiger partial charge is 0.262 e. The fourth-order valence-electron chi connectivity index (χ4n) is 2.90. The molecule has 0 aliphatic heterocycles. The molecule has 0 aliphatic carbocycles. The molecule has 0 atom stereocenters. The van der Waals surface area contributed by atoms with Gasteiger partial charge in [0.25, 0.3) is 11.8 Å². The van der Waals surface area contributed by atoms with Crippen LogP contribution in [0.25, 0.3) is 0 Å². The first-order valence-electron chi connectivity index (χ1n) is 9.55. The maximum atomic E-state index is 12.6. The van der Waals surface area contributed by atoms with Gasteiger partial charge in [-0.15, -0.1) is 0 Å². The Morgan fingerprint density at radius 3 is 2.40 bits per heavy atom. The molecule has 0 spiro atoms. The Hall–Kier alpha value is -3.80. The third kappa shape index (κ3) is 5.61. The minimum atomic E-state index is -0.349. The van der Waals surface area contributed by atoms with Crippen molar-refractivity contribution in [2.45, 2.75) is 13.5 Å². The highest BCUT2D eigenvalue weighted by atomic mass is 16.5. The Morgan fingerprint density at radius 2 is 1.63 bits per heavy atom. The van der Waals surface area contributed by atoms with E-state index in [4.69, 9.17) is 9.47 Å². The molecule has 3 rings (SSSR count). The number of hydrogen-bond donors (Lipinski definition) is 2. The zero-order valence-corrected chi connectivity index (χ0v) is 17.0. The summed E-state index contributed by atoms with van der Waals surface area (Å²) in [5, 5.41) is 5.65. The van der Waals surface area contributed by atoms with E-state index >= 15 is 0 Å². The Labute approximate surface area is 175 Å². The summed E-state index contributed by atoms with van der Waals surface area (Å²) in [5.41, 5.74) is 2.93. The highest BCUT2D eigenvalue weighted by Crippen LogP contribution is 2.25. The summed E-state index contributed by atoms with van der Waals surface area (Å²) in [7, 11) is 1.54. The summed E-state index contributed by atoms with van der Waals surface area (Å²) in [5.74, 6) is 0.290. The fraction of sp³-hybridized carbons (Fsp3) is 0.167. The molecular weight excluding hydrogens is 380 g/mol. The van der Waals surface area contributed by atoms with E-state index in [2.05, 4.69) is 10.6 Å². The molecule has 0 aromatic heterocycles. The first kappa shape index (κ1) is 20.9. The van der Waals surface area contributed by atoms with Gasteiger partial charge in [-0.1, -0.05) is 48.5 Å². The van der Waals surface area contributed by atoms with E-state index < -0.39 is 0 Å². The number of carbonyl (C=O) groups excluding carboxylic acids is 2. The van der Waals surface area contributed by atoms with Crippen LogP contribution >= 0.6 is 0 Å². The third-order valence-electron chi connectivity index (χ3n) is 4.42. The second-order valence-electron chi connectivity index (χ2n) is 6.71. The van der Waals surface area contributed by atoms with E-state index in [0.717, 1.165) is 11.1 Å². The van der Waals surface area contributed by atoms with E-state index in [1.54, 1.807) is 37.4 Å². The summed E-state index contributed by atoms with van der Waals surface area (Å²) >= 11 is 0. The molecule has 0 fully saturated rings. The zero-order chi connectivity index (χ0) is 21.3. The number of rotatable bonds is 8. The predicted octanol–water partition coefficient (Wildman–Crippen LogP) is 3.95. The lowest BCUT2D eigenvalue weighted by Crippen LogP contribution is -2.25. The normalized spacial score (nSPS) is 10.2. The van der Waals surface area contributed by atoms with Crippen molar-refractivity contribution < 1.29 is 19.1 Å². The maximum Gasteiger partial charge on any atom is 0.262 e. The van der Waals surface area contributed by atoms with Gasteiger partial charge in [-0.3, -0.25) is 9.59 Å². The molecule has 6 heteroatoms.